The summed E-state index contributed by atoms with van der Waals surface area (Å²) in [5, 5.41) is 4.92. The number of carbonyl (C=O) groups is 2. The number of fused-ring (bicyclic) bond motifs is 1. The van der Waals surface area contributed by atoms with E-state index in [1.54, 1.807) is 36.4 Å². The molecule has 0 aliphatic rings. The maximum Gasteiger partial charge on any atom is 0.244 e. The van der Waals surface area contributed by atoms with Crippen molar-refractivity contribution in [1.82, 2.24) is 10.2 Å². The zero-order valence-electron chi connectivity index (χ0n) is 22.1. The fraction of sp³-hybridized carbons (Fsp3) is 0.200. The minimum absolute atomic E-state index is 0.0348. The van der Waals surface area contributed by atoms with Crippen LogP contribution in [0.25, 0.3) is 10.8 Å². The van der Waals surface area contributed by atoms with Crippen molar-refractivity contribution in [2.75, 3.05) is 24.2 Å². The second-order valence-corrected chi connectivity index (χ2v) is 12.1. The van der Waals surface area contributed by atoms with E-state index in [2.05, 4.69) is 5.32 Å². The molecule has 0 saturated heterocycles. The van der Waals surface area contributed by atoms with Crippen LogP contribution in [0.3, 0.4) is 0 Å². The van der Waals surface area contributed by atoms with Gasteiger partial charge in [-0.2, -0.15) is 0 Å². The lowest BCUT2D eigenvalue weighted by Gasteiger charge is -2.33. The first-order valence-electron chi connectivity index (χ1n) is 12.5. The van der Waals surface area contributed by atoms with Gasteiger partial charge in [-0.05, 0) is 34.7 Å². The van der Waals surface area contributed by atoms with Crippen LogP contribution in [0.5, 0.6) is 0 Å². The second kappa shape index (κ2) is 12.7. The summed E-state index contributed by atoms with van der Waals surface area (Å²) in [6, 6.07) is 25.9. The SMILES string of the molecule is CNC(=O)[C@H](Cc1ccccc1)N(Cc1ccc(Cl)cc1Cl)C(=O)CN(c1cccc2ccccc12)S(C)(=O)=O. The van der Waals surface area contributed by atoms with Crippen LogP contribution in [0, 0.1) is 0 Å². The van der Waals surface area contributed by atoms with Crippen LogP contribution in [-0.2, 0) is 32.6 Å². The number of carbonyl (C=O) groups excluding carboxylic acids is 2. The van der Waals surface area contributed by atoms with Crippen LogP contribution >= 0.6 is 23.2 Å². The lowest BCUT2D eigenvalue weighted by Crippen LogP contribution is -2.53. The van der Waals surface area contributed by atoms with Crippen LogP contribution < -0.4 is 9.62 Å². The third-order valence-electron chi connectivity index (χ3n) is 6.59. The van der Waals surface area contributed by atoms with Crippen molar-refractivity contribution in [1.29, 1.82) is 0 Å². The molecule has 10 heteroatoms. The van der Waals surface area contributed by atoms with Crippen LogP contribution in [0.4, 0.5) is 5.69 Å². The molecule has 0 saturated carbocycles. The Hall–Kier alpha value is -3.59. The van der Waals surface area contributed by atoms with Gasteiger partial charge >= 0.3 is 0 Å². The molecule has 1 N–H and O–H groups in total. The van der Waals surface area contributed by atoms with Gasteiger partial charge in [-0.15, -0.1) is 0 Å². The topological polar surface area (TPSA) is 86.8 Å². The Labute approximate surface area is 244 Å². The zero-order chi connectivity index (χ0) is 28.9. The number of hydrogen-bond acceptors (Lipinski definition) is 4. The number of amides is 2. The van der Waals surface area contributed by atoms with Gasteiger partial charge in [0, 0.05) is 35.4 Å². The molecule has 0 spiro atoms. The average molecular weight is 599 g/mol. The Balaban J connectivity index is 1.78. The molecule has 40 heavy (non-hydrogen) atoms. The third kappa shape index (κ3) is 6.94. The summed E-state index contributed by atoms with van der Waals surface area (Å²) >= 11 is 12.6. The summed E-state index contributed by atoms with van der Waals surface area (Å²) < 4.78 is 27.2. The largest absolute Gasteiger partial charge is 0.357 e. The van der Waals surface area contributed by atoms with Crippen LogP contribution in [-0.4, -0.2) is 51.0 Å². The summed E-state index contributed by atoms with van der Waals surface area (Å²) in [6.45, 7) is -0.548. The number of likely N-dealkylation sites (N-methyl/N-ethyl adjacent to an activating group) is 1. The molecule has 4 aromatic carbocycles. The van der Waals surface area contributed by atoms with Gasteiger partial charge < -0.3 is 10.2 Å². The highest BCUT2D eigenvalue weighted by atomic mass is 35.5. The standard InChI is InChI=1S/C30H29Cl2N3O4S/c1-33-30(37)28(17-21-9-4-3-5-10-21)34(19-23-15-16-24(31)18-26(23)32)29(36)20-35(40(2,38)39)27-14-8-12-22-11-6-7-13-25(22)27/h3-16,18,28H,17,19-20H2,1-2H3,(H,33,37)/t28-/m0/s1. The Morgan fingerprint density at radius 3 is 2.25 bits per heavy atom. The first-order valence-corrected chi connectivity index (χ1v) is 15.1. The Morgan fingerprint density at radius 2 is 1.57 bits per heavy atom. The van der Waals surface area contributed by atoms with E-state index in [-0.39, 0.29) is 13.0 Å². The summed E-state index contributed by atoms with van der Waals surface area (Å²) in [6.07, 6.45) is 1.27. The molecule has 7 nitrogen and oxygen atoms in total. The van der Waals surface area contributed by atoms with Gasteiger partial charge in [0.25, 0.3) is 0 Å². The summed E-state index contributed by atoms with van der Waals surface area (Å²) in [4.78, 5) is 28.7. The number of halogens is 2. The molecule has 0 heterocycles. The van der Waals surface area contributed by atoms with E-state index in [0.717, 1.165) is 21.5 Å². The normalized spacial score (nSPS) is 12.1. The van der Waals surface area contributed by atoms with E-state index >= 15 is 0 Å². The maximum atomic E-state index is 14.1. The fourth-order valence-corrected chi connectivity index (χ4v) is 5.90. The van der Waals surface area contributed by atoms with Gasteiger partial charge in [0.2, 0.25) is 21.8 Å². The van der Waals surface area contributed by atoms with Gasteiger partial charge in [0.15, 0.2) is 0 Å². The van der Waals surface area contributed by atoms with E-state index in [0.29, 0.717) is 26.7 Å². The van der Waals surface area contributed by atoms with Crippen molar-refractivity contribution in [2.45, 2.75) is 19.0 Å². The molecular weight excluding hydrogens is 569 g/mol. The molecule has 0 aliphatic heterocycles. The Kier molecular flexibility index (Phi) is 9.35. The molecule has 0 bridgehead atoms. The highest BCUT2D eigenvalue weighted by molar-refractivity contribution is 7.92. The minimum atomic E-state index is -3.89. The lowest BCUT2D eigenvalue weighted by atomic mass is 10.0. The summed E-state index contributed by atoms with van der Waals surface area (Å²) in [7, 11) is -2.40. The predicted molar refractivity (Wildman–Crippen MR) is 161 cm³/mol. The molecule has 0 radical (unpaired) electrons. The number of nitrogens with zero attached hydrogens (tertiary/aromatic N) is 2. The molecule has 1 atom stereocenters. The van der Waals surface area contributed by atoms with E-state index in [4.69, 9.17) is 23.2 Å². The number of sulfonamides is 1. The van der Waals surface area contributed by atoms with E-state index in [9.17, 15) is 18.0 Å². The fourth-order valence-electron chi connectivity index (χ4n) is 4.57. The number of rotatable bonds is 10. The smallest absolute Gasteiger partial charge is 0.244 e. The van der Waals surface area contributed by atoms with Crippen molar-refractivity contribution < 1.29 is 18.0 Å². The van der Waals surface area contributed by atoms with Gasteiger partial charge in [-0.25, -0.2) is 8.42 Å². The molecule has 0 unspecified atom stereocenters. The van der Waals surface area contributed by atoms with Crippen molar-refractivity contribution in [3.63, 3.8) is 0 Å². The quantitative estimate of drug-likeness (QED) is 0.269. The zero-order valence-corrected chi connectivity index (χ0v) is 24.4. The van der Waals surface area contributed by atoms with Crippen LogP contribution in [0.15, 0.2) is 91.0 Å². The molecule has 0 aromatic heterocycles. The molecule has 208 valence electrons. The Bertz CT molecular complexity index is 1630. The minimum Gasteiger partial charge on any atom is -0.357 e. The van der Waals surface area contributed by atoms with Gasteiger partial charge in [0.1, 0.15) is 12.6 Å². The van der Waals surface area contributed by atoms with Gasteiger partial charge in [-0.3, -0.25) is 13.9 Å². The predicted octanol–water partition coefficient (Wildman–Crippen LogP) is 5.30. The second-order valence-electron chi connectivity index (χ2n) is 9.35. The highest BCUT2D eigenvalue weighted by Gasteiger charge is 2.33. The number of anilines is 1. The van der Waals surface area contributed by atoms with Gasteiger partial charge in [-0.1, -0.05) is 96.0 Å². The van der Waals surface area contributed by atoms with Crippen molar-refractivity contribution in [2.24, 2.45) is 0 Å². The van der Waals surface area contributed by atoms with E-state index in [1.807, 2.05) is 54.6 Å². The maximum absolute atomic E-state index is 14.1. The molecule has 2 amide bonds. The molecule has 4 aromatic rings. The molecule has 4 rings (SSSR count). The van der Waals surface area contributed by atoms with Crippen molar-refractivity contribution in [3.05, 3.63) is 112 Å². The number of benzene rings is 4. The summed E-state index contributed by atoms with van der Waals surface area (Å²) in [5.74, 6) is -0.952. The Morgan fingerprint density at radius 1 is 0.900 bits per heavy atom. The number of hydrogen-bond donors (Lipinski definition) is 1. The highest BCUT2D eigenvalue weighted by Crippen LogP contribution is 2.29. The first kappa shape index (κ1) is 29.4. The van der Waals surface area contributed by atoms with E-state index in [1.165, 1.54) is 11.9 Å². The van der Waals surface area contributed by atoms with Gasteiger partial charge in [0.05, 0.1) is 11.9 Å². The molecular formula is C30H29Cl2N3O4S. The summed E-state index contributed by atoms with van der Waals surface area (Å²) in [5.41, 5.74) is 1.78. The third-order valence-corrected chi connectivity index (χ3v) is 8.30. The van der Waals surface area contributed by atoms with E-state index < -0.39 is 34.4 Å². The van der Waals surface area contributed by atoms with Crippen molar-refractivity contribution in [3.8, 4) is 0 Å². The molecule has 0 fully saturated rings. The monoisotopic (exact) mass is 597 g/mol. The number of nitrogens with one attached hydrogen (secondary N) is 1. The first-order chi connectivity index (χ1) is 19.1. The van der Waals surface area contributed by atoms with Crippen LogP contribution in [0.2, 0.25) is 10.0 Å². The molecule has 0 aliphatic carbocycles. The lowest BCUT2D eigenvalue weighted by molar-refractivity contribution is -0.139. The average Bonchev–Trinajstić information content (AvgIpc) is 2.93. The van der Waals surface area contributed by atoms with Crippen LogP contribution in [0.1, 0.15) is 11.1 Å². The van der Waals surface area contributed by atoms with Crippen molar-refractivity contribution >= 4 is 61.5 Å².